The van der Waals surface area contributed by atoms with Crippen LogP contribution in [0.5, 0.6) is 0 Å². The Morgan fingerprint density at radius 3 is 2.81 bits per heavy atom. The minimum atomic E-state index is -0.0574. The number of benzene rings is 1. The number of likely N-dealkylation sites (N-methyl/N-ethyl adjacent to an activating group) is 1. The second kappa shape index (κ2) is 7.77. The van der Waals surface area contributed by atoms with E-state index in [0.717, 1.165) is 26.0 Å². The van der Waals surface area contributed by atoms with E-state index in [-0.39, 0.29) is 12.0 Å². The van der Waals surface area contributed by atoms with Gasteiger partial charge in [-0.3, -0.25) is 9.69 Å². The van der Waals surface area contributed by atoms with Gasteiger partial charge in [0.1, 0.15) is 0 Å². The number of rotatable bonds is 5. The lowest BCUT2D eigenvalue weighted by Crippen LogP contribution is -2.37. The summed E-state index contributed by atoms with van der Waals surface area (Å²) in [6.45, 7) is 1.94. The number of nitrogens with zero attached hydrogens (tertiary/aromatic N) is 2. The van der Waals surface area contributed by atoms with Crippen LogP contribution in [0.2, 0.25) is 0 Å². The molecule has 0 aromatic heterocycles. The van der Waals surface area contributed by atoms with E-state index >= 15 is 0 Å². The number of nitrogens with one attached hydrogen (secondary N) is 1. The van der Waals surface area contributed by atoms with Crippen LogP contribution in [0.15, 0.2) is 24.3 Å². The molecule has 1 unspecified atom stereocenters. The molecular weight excluding hydrogens is 266 g/mol. The van der Waals surface area contributed by atoms with Crippen LogP contribution in [-0.2, 0) is 9.53 Å². The van der Waals surface area contributed by atoms with Gasteiger partial charge in [0, 0.05) is 18.8 Å². The number of amides is 1. The fourth-order valence-corrected chi connectivity index (χ4v) is 2.44. The van der Waals surface area contributed by atoms with Gasteiger partial charge < -0.3 is 10.1 Å². The van der Waals surface area contributed by atoms with Crippen molar-refractivity contribution in [2.45, 2.75) is 25.4 Å². The average Bonchev–Trinajstić information content (AvgIpc) is 2.48. The Morgan fingerprint density at radius 1 is 1.43 bits per heavy atom. The van der Waals surface area contributed by atoms with Crippen molar-refractivity contribution >= 4 is 11.6 Å². The molecule has 1 aliphatic heterocycles. The van der Waals surface area contributed by atoms with E-state index in [2.05, 4.69) is 11.4 Å². The van der Waals surface area contributed by atoms with Gasteiger partial charge in [0.15, 0.2) is 0 Å². The first-order valence-corrected chi connectivity index (χ1v) is 7.27. The van der Waals surface area contributed by atoms with Gasteiger partial charge in [-0.25, -0.2) is 0 Å². The van der Waals surface area contributed by atoms with E-state index in [1.54, 1.807) is 24.3 Å². The summed E-state index contributed by atoms with van der Waals surface area (Å²) < 4.78 is 5.67. The first-order valence-electron chi connectivity index (χ1n) is 7.27. The molecule has 1 aromatic rings. The predicted octanol–water partition coefficient (Wildman–Crippen LogP) is 2.00. The van der Waals surface area contributed by atoms with E-state index in [1.807, 2.05) is 11.9 Å². The van der Waals surface area contributed by atoms with Crippen LogP contribution >= 0.6 is 0 Å². The molecule has 5 nitrogen and oxygen atoms in total. The topological polar surface area (TPSA) is 65.4 Å². The van der Waals surface area contributed by atoms with Crippen molar-refractivity contribution < 1.29 is 9.53 Å². The predicted molar refractivity (Wildman–Crippen MR) is 80.9 cm³/mol. The van der Waals surface area contributed by atoms with Crippen LogP contribution in [0.4, 0.5) is 5.69 Å². The monoisotopic (exact) mass is 287 g/mol. The van der Waals surface area contributed by atoms with Crippen LogP contribution in [0.3, 0.4) is 0 Å². The molecule has 0 spiro atoms. The lowest BCUT2D eigenvalue weighted by Gasteiger charge is -2.27. The molecule has 0 radical (unpaired) electrons. The lowest BCUT2D eigenvalue weighted by atomic mass is 10.1. The van der Waals surface area contributed by atoms with Gasteiger partial charge in [-0.1, -0.05) is 0 Å². The Morgan fingerprint density at radius 2 is 2.19 bits per heavy atom. The molecule has 5 heteroatoms. The smallest absolute Gasteiger partial charge is 0.238 e. The molecule has 21 heavy (non-hydrogen) atoms. The summed E-state index contributed by atoms with van der Waals surface area (Å²) in [4.78, 5) is 13.9. The van der Waals surface area contributed by atoms with Crippen LogP contribution < -0.4 is 5.32 Å². The highest BCUT2D eigenvalue weighted by molar-refractivity contribution is 5.92. The molecular formula is C16H21N3O2. The maximum atomic E-state index is 12.0. The Bertz CT molecular complexity index is 501. The third kappa shape index (κ3) is 5.18. The molecule has 1 amide bonds. The summed E-state index contributed by atoms with van der Waals surface area (Å²) in [6, 6.07) is 8.90. The molecule has 1 aliphatic rings. The second-order valence-electron chi connectivity index (χ2n) is 5.42. The number of anilines is 1. The summed E-state index contributed by atoms with van der Waals surface area (Å²) in [6.07, 6.45) is 3.66. The van der Waals surface area contributed by atoms with E-state index < -0.39 is 0 Å². The summed E-state index contributed by atoms with van der Waals surface area (Å²) >= 11 is 0. The van der Waals surface area contributed by atoms with Crippen molar-refractivity contribution in [3.05, 3.63) is 29.8 Å². The quantitative estimate of drug-likeness (QED) is 0.899. The second-order valence-corrected chi connectivity index (χ2v) is 5.42. The highest BCUT2D eigenvalue weighted by atomic mass is 16.5. The minimum Gasteiger partial charge on any atom is -0.377 e. The van der Waals surface area contributed by atoms with Gasteiger partial charge in [-0.05, 0) is 50.6 Å². The van der Waals surface area contributed by atoms with E-state index in [1.165, 1.54) is 6.42 Å². The zero-order valence-electron chi connectivity index (χ0n) is 12.3. The van der Waals surface area contributed by atoms with Gasteiger partial charge in [0.2, 0.25) is 5.91 Å². The molecule has 1 N–H and O–H groups in total. The van der Waals surface area contributed by atoms with Crippen molar-refractivity contribution in [2.75, 3.05) is 32.1 Å². The number of carbonyl (C=O) groups excluding carboxylic acids is 1. The standard InChI is InChI=1S/C16H21N3O2/c1-19(11-15-4-2-3-9-21-15)12-16(20)18-14-7-5-13(10-17)6-8-14/h5-8,15H,2-4,9,11-12H2,1H3,(H,18,20). The molecule has 2 rings (SSSR count). The maximum absolute atomic E-state index is 12.0. The molecule has 0 saturated carbocycles. The van der Waals surface area contributed by atoms with Crippen LogP contribution in [0.25, 0.3) is 0 Å². The summed E-state index contributed by atoms with van der Waals surface area (Å²) in [5.74, 6) is -0.0574. The van der Waals surface area contributed by atoms with Gasteiger partial charge in [-0.15, -0.1) is 0 Å². The highest BCUT2D eigenvalue weighted by Crippen LogP contribution is 2.13. The van der Waals surface area contributed by atoms with Crippen molar-refractivity contribution in [2.24, 2.45) is 0 Å². The van der Waals surface area contributed by atoms with E-state index in [0.29, 0.717) is 17.8 Å². The Balaban J connectivity index is 1.76. The van der Waals surface area contributed by atoms with Crippen molar-refractivity contribution in [3.8, 4) is 6.07 Å². The van der Waals surface area contributed by atoms with Crippen molar-refractivity contribution in [3.63, 3.8) is 0 Å². The summed E-state index contributed by atoms with van der Waals surface area (Å²) in [5, 5.41) is 11.6. The van der Waals surface area contributed by atoms with E-state index in [9.17, 15) is 4.79 Å². The van der Waals surface area contributed by atoms with E-state index in [4.69, 9.17) is 10.00 Å². The fraction of sp³-hybridized carbons (Fsp3) is 0.500. The molecule has 1 saturated heterocycles. The number of hydrogen-bond donors (Lipinski definition) is 1. The van der Waals surface area contributed by atoms with Crippen molar-refractivity contribution in [1.29, 1.82) is 5.26 Å². The summed E-state index contributed by atoms with van der Waals surface area (Å²) in [7, 11) is 1.93. The zero-order valence-corrected chi connectivity index (χ0v) is 12.3. The van der Waals surface area contributed by atoms with Gasteiger partial charge >= 0.3 is 0 Å². The maximum Gasteiger partial charge on any atom is 0.238 e. The van der Waals surface area contributed by atoms with Crippen LogP contribution in [-0.4, -0.2) is 43.7 Å². The lowest BCUT2D eigenvalue weighted by molar-refractivity contribution is -0.117. The third-order valence-corrected chi connectivity index (χ3v) is 3.50. The minimum absolute atomic E-state index is 0.0574. The Kier molecular flexibility index (Phi) is 5.73. The number of ether oxygens (including phenoxy) is 1. The zero-order chi connectivity index (χ0) is 15.1. The van der Waals surface area contributed by atoms with Crippen LogP contribution in [0.1, 0.15) is 24.8 Å². The molecule has 0 aliphatic carbocycles. The molecule has 112 valence electrons. The number of nitriles is 1. The van der Waals surface area contributed by atoms with Crippen molar-refractivity contribution in [1.82, 2.24) is 4.90 Å². The fourth-order valence-electron chi connectivity index (χ4n) is 2.44. The first-order chi connectivity index (χ1) is 10.2. The van der Waals surface area contributed by atoms with Crippen LogP contribution in [0, 0.1) is 11.3 Å². The SMILES string of the molecule is CN(CC(=O)Nc1ccc(C#N)cc1)CC1CCCCO1. The largest absolute Gasteiger partial charge is 0.377 e. The molecule has 0 bridgehead atoms. The van der Waals surface area contributed by atoms with Gasteiger partial charge in [0.05, 0.1) is 24.3 Å². The molecule has 1 aromatic carbocycles. The number of carbonyl (C=O) groups is 1. The van der Waals surface area contributed by atoms with Gasteiger partial charge in [-0.2, -0.15) is 5.26 Å². The summed E-state index contributed by atoms with van der Waals surface area (Å²) in [5.41, 5.74) is 1.29. The third-order valence-electron chi connectivity index (χ3n) is 3.50. The molecule has 1 atom stereocenters. The number of hydrogen-bond acceptors (Lipinski definition) is 4. The normalized spacial score (nSPS) is 18.2. The Hall–Kier alpha value is -1.90. The molecule has 1 heterocycles. The Labute approximate surface area is 125 Å². The highest BCUT2D eigenvalue weighted by Gasteiger charge is 2.17. The average molecular weight is 287 g/mol. The van der Waals surface area contributed by atoms with Gasteiger partial charge in [0.25, 0.3) is 0 Å². The molecule has 1 fully saturated rings. The first kappa shape index (κ1) is 15.5.